The van der Waals surface area contributed by atoms with Crippen molar-refractivity contribution in [2.45, 2.75) is 19.9 Å². The highest BCUT2D eigenvalue weighted by Gasteiger charge is 2.07. The number of rotatable bonds is 4. The van der Waals surface area contributed by atoms with E-state index in [9.17, 15) is 4.79 Å². The SMILES string of the molecule is Cc1ccc2c(cnn2CCC(=O)Nc2ccc3ccccc3c2)c1. The van der Waals surface area contributed by atoms with Gasteiger partial charge in [0.1, 0.15) is 0 Å². The molecule has 0 saturated carbocycles. The number of amides is 1. The topological polar surface area (TPSA) is 46.9 Å². The Hall–Kier alpha value is -3.14. The summed E-state index contributed by atoms with van der Waals surface area (Å²) in [5.74, 6) is -0.00829. The molecule has 0 radical (unpaired) electrons. The van der Waals surface area contributed by atoms with Gasteiger partial charge < -0.3 is 5.32 Å². The summed E-state index contributed by atoms with van der Waals surface area (Å²) in [5, 5.41) is 10.8. The zero-order valence-electron chi connectivity index (χ0n) is 14.1. The average Bonchev–Trinajstić information content (AvgIpc) is 3.02. The second-order valence-corrected chi connectivity index (χ2v) is 6.29. The molecule has 0 aliphatic rings. The Kier molecular flexibility index (Phi) is 3.94. The first-order chi connectivity index (χ1) is 12.2. The smallest absolute Gasteiger partial charge is 0.226 e. The first-order valence-electron chi connectivity index (χ1n) is 8.40. The van der Waals surface area contributed by atoms with Crippen LogP contribution in [0.1, 0.15) is 12.0 Å². The van der Waals surface area contributed by atoms with Crippen LogP contribution in [0.3, 0.4) is 0 Å². The van der Waals surface area contributed by atoms with Crippen molar-refractivity contribution in [3.63, 3.8) is 0 Å². The van der Waals surface area contributed by atoms with E-state index in [1.807, 2.05) is 47.3 Å². The monoisotopic (exact) mass is 329 g/mol. The molecule has 0 unspecified atom stereocenters. The molecule has 0 aliphatic heterocycles. The van der Waals surface area contributed by atoms with Gasteiger partial charge in [-0.1, -0.05) is 42.0 Å². The number of nitrogens with zero attached hydrogens (tertiary/aromatic N) is 2. The Morgan fingerprint density at radius 1 is 1.00 bits per heavy atom. The van der Waals surface area contributed by atoms with E-state index in [-0.39, 0.29) is 5.91 Å². The molecule has 0 fully saturated rings. The molecule has 4 rings (SSSR count). The lowest BCUT2D eigenvalue weighted by atomic mass is 10.1. The maximum absolute atomic E-state index is 12.3. The number of carbonyl (C=O) groups excluding carboxylic acids is 1. The normalized spacial score (nSPS) is 11.1. The van der Waals surface area contributed by atoms with Gasteiger partial charge in [0.05, 0.1) is 18.3 Å². The van der Waals surface area contributed by atoms with Crippen LogP contribution in [-0.2, 0) is 11.3 Å². The first kappa shape index (κ1) is 15.4. The summed E-state index contributed by atoms with van der Waals surface area (Å²) in [5.41, 5.74) is 3.09. The van der Waals surface area contributed by atoms with Crippen LogP contribution < -0.4 is 5.32 Å². The molecule has 1 heterocycles. The minimum atomic E-state index is -0.00829. The largest absolute Gasteiger partial charge is 0.326 e. The third-order valence-electron chi connectivity index (χ3n) is 4.38. The van der Waals surface area contributed by atoms with Gasteiger partial charge in [0, 0.05) is 17.5 Å². The Balaban J connectivity index is 1.44. The molecule has 4 aromatic rings. The average molecular weight is 329 g/mol. The lowest BCUT2D eigenvalue weighted by Gasteiger charge is -2.07. The summed E-state index contributed by atoms with van der Waals surface area (Å²) >= 11 is 0. The van der Waals surface area contributed by atoms with Crippen molar-refractivity contribution in [3.8, 4) is 0 Å². The Morgan fingerprint density at radius 3 is 2.72 bits per heavy atom. The summed E-state index contributed by atoms with van der Waals surface area (Å²) < 4.78 is 1.88. The summed E-state index contributed by atoms with van der Waals surface area (Å²) in [4.78, 5) is 12.3. The molecule has 1 N–H and O–H groups in total. The van der Waals surface area contributed by atoms with Crippen molar-refractivity contribution in [2.75, 3.05) is 5.32 Å². The number of fused-ring (bicyclic) bond motifs is 2. The van der Waals surface area contributed by atoms with E-state index in [1.54, 1.807) is 0 Å². The molecule has 124 valence electrons. The number of carbonyl (C=O) groups is 1. The predicted molar refractivity (Wildman–Crippen MR) is 102 cm³/mol. The van der Waals surface area contributed by atoms with E-state index in [0.717, 1.165) is 22.0 Å². The van der Waals surface area contributed by atoms with Crippen LogP contribution >= 0.6 is 0 Å². The molecule has 4 heteroatoms. The van der Waals surface area contributed by atoms with Gasteiger partial charge in [0.15, 0.2) is 0 Å². The van der Waals surface area contributed by atoms with Crippen LogP contribution in [0.5, 0.6) is 0 Å². The summed E-state index contributed by atoms with van der Waals surface area (Å²) in [7, 11) is 0. The van der Waals surface area contributed by atoms with E-state index in [0.29, 0.717) is 13.0 Å². The van der Waals surface area contributed by atoms with Gasteiger partial charge in [0.25, 0.3) is 0 Å². The zero-order valence-corrected chi connectivity index (χ0v) is 14.1. The van der Waals surface area contributed by atoms with E-state index in [1.165, 1.54) is 10.9 Å². The molecule has 3 aromatic carbocycles. The van der Waals surface area contributed by atoms with Gasteiger partial charge in [0.2, 0.25) is 5.91 Å². The molecular weight excluding hydrogens is 310 g/mol. The first-order valence-corrected chi connectivity index (χ1v) is 8.40. The van der Waals surface area contributed by atoms with Crippen LogP contribution in [0.25, 0.3) is 21.7 Å². The highest BCUT2D eigenvalue weighted by atomic mass is 16.1. The maximum Gasteiger partial charge on any atom is 0.226 e. The molecule has 0 bridgehead atoms. The number of aromatic nitrogens is 2. The van der Waals surface area contributed by atoms with Crippen molar-refractivity contribution in [1.29, 1.82) is 0 Å². The molecule has 1 amide bonds. The fraction of sp³-hybridized carbons (Fsp3) is 0.143. The van der Waals surface area contributed by atoms with E-state index < -0.39 is 0 Å². The zero-order chi connectivity index (χ0) is 17.2. The highest BCUT2D eigenvalue weighted by molar-refractivity contribution is 5.94. The second-order valence-electron chi connectivity index (χ2n) is 6.29. The van der Waals surface area contributed by atoms with Crippen molar-refractivity contribution in [2.24, 2.45) is 0 Å². The summed E-state index contributed by atoms with van der Waals surface area (Å²) in [6.45, 7) is 2.62. The number of nitrogens with one attached hydrogen (secondary N) is 1. The minimum absolute atomic E-state index is 0.00829. The Bertz CT molecular complexity index is 1070. The van der Waals surface area contributed by atoms with Gasteiger partial charge >= 0.3 is 0 Å². The third-order valence-corrected chi connectivity index (χ3v) is 4.38. The lowest BCUT2D eigenvalue weighted by Crippen LogP contribution is -2.14. The number of aryl methyl sites for hydroxylation is 2. The molecule has 0 aliphatic carbocycles. The fourth-order valence-electron chi connectivity index (χ4n) is 3.08. The van der Waals surface area contributed by atoms with Gasteiger partial charge in [-0.25, -0.2) is 0 Å². The molecule has 0 saturated heterocycles. The van der Waals surface area contributed by atoms with E-state index in [2.05, 4.69) is 41.6 Å². The van der Waals surface area contributed by atoms with E-state index >= 15 is 0 Å². The molecule has 0 atom stereocenters. The number of hydrogen-bond acceptors (Lipinski definition) is 2. The van der Waals surface area contributed by atoms with Gasteiger partial charge in [-0.05, 0) is 42.0 Å². The van der Waals surface area contributed by atoms with Crippen LogP contribution in [0.15, 0.2) is 66.9 Å². The van der Waals surface area contributed by atoms with Crippen LogP contribution in [0, 0.1) is 6.92 Å². The highest BCUT2D eigenvalue weighted by Crippen LogP contribution is 2.19. The molecule has 25 heavy (non-hydrogen) atoms. The van der Waals surface area contributed by atoms with Gasteiger partial charge in [-0.3, -0.25) is 9.48 Å². The minimum Gasteiger partial charge on any atom is -0.326 e. The second kappa shape index (κ2) is 6.40. The quantitative estimate of drug-likeness (QED) is 0.598. The van der Waals surface area contributed by atoms with Crippen molar-refractivity contribution < 1.29 is 4.79 Å². The molecule has 4 nitrogen and oxygen atoms in total. The number of benzene rings is 3. The number of hydrogen-bond donors (Lipinski definition) is 1. The lowest BCUT2D eigenvalue weighted by molar-refractivity contribution is -0.116. The van der Waals surface area contributed by atoms with E-state index in [4.69, 9.17) is 0 Å². The van der Waals surface area contributed by atoms with Crippen LogP contribution in [-0.4, -0.2) is 15.7 Å². The standard InChI is InChI=1S/C21H19N3O/c1-15-6-9-20-18(12-15)14-22-24(20)11-10-21(25)23-19-8-7-16-4-2-3-5-17(16)13-19/h2-9,12-14H,10-11H2,1H3,(H,23,25). The summed E-state index contributed by atoms with van der Waals surface area (Å²) in [6.07, 6.45) is 2.24. The van der Waals surface area contributed by atoms with Crippen molar-refractivity contribution >= 4 is 33.3 Å². The fourth-order valence-corrected chi connectivity index (χ4v) is 3.08. The Labute approximate surface area is 146 Å². The maximum atomic E-state index is 12.3. The molecule has 0 spiro atoms. The van der Waals surface area contributed by atoms with Crippen LogP contribution in [0.2, 0.25) is 0 Å². The van der Waals surface area contributed by atoms with Gasteiger partial charge in [-0.15, -0.1) is 0 Å². The predicted octanol–water partition coefficient (Wildman–Crippen LogP) is 4.53. The van der Waals surface area contributed by atoms with Crippen molar-refractivity contribution in [1.82, 2.24) is 9.78 Å². The molecule has 1 aromatic heterocycles. The summed E-state index contributed by atoms with van der Waals surface area (Å²) in [6, 6.07) is 20.3. The van der Waals surface area contributed by atoms with Crippen LogP contribution in [0.4, 0.5) is 5.69 Å². The molecular formula is C21H19N3O. The number of anilines is 1. The van der Waals surface area contributed by atoms with Crippen molar-refractivity contribution in [3.05, 3.63) is 72.4 Å². The Morgan fingerprint density at radius 2 is 1.84 bits per heavy atom. The van der Waals surface area contributed by atoms with Gasteiger partial charge in [-0.2, -0.15) is 5.10 Å². The third kappa shape index (κ3) is 3.24.